The summed E-state index contributed by atoms with van der Waals surface area (Å²) in [5.41, 5.74) is 2.05. The van der Waals surface area contributed by atoms with Crippen molar-refractivity contribution in [3.05, 3.63) is 34.2 Å². The van der Waals surface area contributed by atoms with Crippen molar-refractivity contribution in [1.29, 1.82) is 0 Å². The van der Waals surface area contributed by atoms with Gasteiger partial charge in [0.25, 0.3) is 0 Å². The van der Waals surface area contributed by atoms with Crippen molar-refractivity contribution in [2.24, 2.45) is 5.41 Å². The number of hydrogen-bond donors (Lipinski definition) is 0. The molecule has 106 valence electrons. The van der Waals surface area contributed by atoms with E-state index in [0.717, 1.165) is 6.42 Å². The first-order valence-corrected chi connectivity index (χ1v) is 7.40. The maximum atomic E-state index is 2.38. The molecule has 0 saturated carbocycles. The fourth-order valence-corrected chi connectivity index (χ4v) is 2.14. The standard InChI is InChI=1S/C19H30/c1-8-15-14-17(19(5,6)7)12-11-16(15)10-9-13-18(2,3)4/h8,10-12,14H,9,13H2,1-7H3/b15-8-,16-10-. The summed E-state index contributed by atoms with van der Waals surface area (Å²) in [6.07, 6.45) is 6.99. The topological polar surface area (TPSA) is 0 Å². The number of rotatable bonds is 2. The van der Waals surface area contributed by atoms with Gasteiger partial charge in [0.05, 0.1) is 0 Å². The molecule has 0 nitrogen and oxygen atoms in total. The van der Waals surface area contributed by atoms with Gasteiger partial charge in [-0.2, -0.15) is 0 Å². The van der Waals surface area contributed by atoms with Crippen LogP contribution in [0.2, 0.25) is 0 Å². The monoisotopic (exact) mass is 258 g/mol. The summed E-state index contributed by atoms with van der Waals surface area (Å²) in [5.74, 6) is 0. The zero-order chi connectivity index (χ0) is 14.7. The minimum atomic E-state index is 0.224. The molecule has 0 bridgehead atoms. The molecule has 1 aromatic carbocycles. The summed E-state index contributed by atoms with van der Waals surface area (Å²) in [6.45, 7) is 15.8. The molecule has 0 aliphatic rings. The SMILES string of the molecule is C/C=c1/cc(C(C)(C)C)cc/c1=C/CCC(C)(C)C. The zero-order valence-electron chi connectivity index (χ0n) is 13.8. The van der Waals surface area contributed by atoms with Crippen molar-refractivity contribution < 1.29 is 0 Å². The summed E-state index contributed by atoms with van der Waals surface area (Å²) in [7, 11) is 0. The average Bonchev–Trinajstić information content (AvgIpc) is 2.26. The predicted molar refractivity (Wildman–Crippen MR) is 87.7 cm³/mol. The minimum absolute atomic E-state index is 0.224. The molecule has 0 aromatic heterocycles. The fourth-order valence-electron chi connectivity index (χ4n) is 2.14. The molecule has 0 aliphatic heterocycles. The highest BCUT2D eigenvalue weighted by Crippen LogP contribution is 2.21. The molecular formula is C19H30. The largest absolute Gasteiger partial charge is 0.0798 e. The molecule has 0 spiro atoms. The van der Waals surface area contributed by atoms with Crippen LogP contribution < -0.4 is 10.4 Å². The van der Waals surface area contributed by atoms with E-state index in [1.54, 1.807) is 0 Å². The summed E-state index contributed by atoms with van der Waals surface area (Å²) in [5, 5.41) is 2.74. The highest BCUT2D eigenvalue weighted by atomic mass is 14.2. The molecule has 0 aliphatic carbocycles. The summed E-state index contributed by atoms with van der Waals surface area (Å²) in [4.78, 5) is 0. The van der Waals surface area contributed by atoms with E-state index in [0.29, 0.717) is 5.41 Å². The lowest BCUT2D eigenvalue weighted by molar-refractivity contribution is 0.385. The van der Waals surface area contributed by atoms with Gasteiger partial charge >= 0.3 is 0 Å². The van der Waals surface area contributed by atoms with Crippen LogP contribution in [0.1, 0.15) is 66.9 Å². The van der Waals surface area contributed by atoms with Crippen molar-refractivity contribution in [2.75, 3.05) is 0 Å². The molecule has 0 heteroatoms. The normalized spacial score (nSPS) is 15.1. The van der Waals surface area contributed by atoms with Crippen molar-refractivity contribution in [2.45, 2.75) is 66.7 Å². The van der Waals surface area contributed by atoms with Gasteiger partial charge in [0.1, 0.15) is 0 Å². The Balaban J connectivity index is 3.08. The molecule has 1 rings (SSSR count). The van der Waals surface area contributed by atoms with E-state index in [1.807, 2.05) is 0 Å². The first-order valence-electron chi connectivity index (χ1n) is 7.40. The van der Waals surface area contributed by atoms with E-state index in [4.69, 9.17) is 0 Å². The third-order valence-corrected chi connectivity index (χ3v) is 3.52. The second-order valence-corrected chi connectivity index (χ2v) is 7.69. The Morgan fingerprint density at radius 3 is 2.05 bits per heavy atom. The molecule has 0 fully saturated rings. The van der Waals surface area contributed by atoms with Crippen LogP contribution in [0.5, 0.6) is 0 Å². The smallest absolute Gasteiger partial charge is 0.0132 e. The fraction of sp³-hybridized carbons (Fsp3) is 0.579. The molecule has 0 atom stereocenters. The third-order valence-electron chi connectivity index (χ3n) is 3.52. The first-order chi connectivity index (χ1) is 8.63. The molecule has 0 radical (unpaired) electrons. The van der Waals surface area contributed by atoms with Gasteiger partial charge in [-0.1, -0.05) is 71.9 Å². The van der Waals surface area contributed by atoms with Crippen LogP contribution in [0.3, 0.4) is 0 Å². The molecule has 1 aromatic rings. The Morgan fingerprint density at radius 2 is 1.58 bits per heavy atom. The van der Waals surface area contributed by atoms with Crippen molar-refractivity contribution in [1.82, 2.24) is 0 Å². The molecule has 0 amide bonds. The Morgan fingerprint density at radius 1 is 0.947 bits per heavy atom. The van der Waals surface area contributed by atoms with Crippen molar-refractivity contribution in [3.8, 4) is 0 Å². The van der Waals surface area contributed by atoms with E-state index in [2.05, 4.69) is 78.8 Å². The maximum Gasteiger partial charge on any atom is -0.0132 e. The van der Waals surface area contributed by atoms with Gasteiger partial charge in [-0.25, -0.2) is 0 Å². The van der Waals surface area contributed by atoms with E-state index in [9.17, 15) is 0 Å². The average molecular weight is 258 g/mol. The molecule has 19 heavy (non-hydrogen) atoms. The quantitative estimate of drug-likeness (QED) is 0.738. The minimum Gasteiger partial charge on any atom is -0.0798 e. The third kappa shape index (κ3) is 5.22. The lowest BCUT2D eigenvalue weighted by Gasteiger charge is -2.19. The van der Waals surface area contributed by atoms with Crippen LogP contribution in [0.25, 0.3) is 12.2 Å². The summed E-state index contributed by atoms with van der Waals surface area (Å²) >= 11 is 0. The zero-order valence-corrected chi connectivity index (χ0v) is 13.8. The Hall–Kier alpha value is -1.04. The highest BCUT2D eigenvalue weighted by Gasteiger charge is 2.13. The molecule has 0 saturated heterocycles. The summed E-state index contributed by atoms with van der Waals surface area (Å²) in [6, 6.07) is 6.89. The Kier molecular flexibility index (Phi) is 5.01. The van der Waals surface area contributed by atoms with Gasteiger partial charge in [-0.05, 0) is 46.6 Å². The molecule has 0 heterocycles. The van der Waals surface area contributed by atoms with Gasteiger partial charge in [-0.3, -0.25) is 0 Å². The second kappa shape index (κ2) is 5.94. The van der Waals surface area contributed by atoms with E-state index in [1.165, 1.54) is 22.4 Å². The van der Waals surface area contributed by atoms with Crippen LogP contribution in [0.15, 0.2) is 18.2 Å². The van der Waals surface area contributed by atoms with Gasteiger partial charge < -0.3 is 0 Å². The van der Waals surface area contributed by atoms with E-state index in [-0.39, 0.29) is 5.41 Å². The van der Waals surface area contributed by atoms with Crippen molar-refractivity contribution in [3.63, 3.8) is 0 Å². The van der Waals surface area contributed by atoms with Crippen LogP contribution in [-0.2, 0) is 5.41 Å². The van der Waals surface area contributed by atoms with E-state index >= 15 is 0 Å². The van der Waals surface area contributed by atoms with Gasteiger partial charge in [0.2, 0.25) is 0 Å². The molecule has 0 N–H and O–H groups in total. The predicted octanol–water partition coefficient (Wildman–Crippen LogP) is 4.39. The molecular weight excluding hydrogens is 228 g/mol. The van der Waals surface area contributed by atoms with E-state index < -0.39 is 0 Å². The Bertz CT molecular complexity index is 519. The van der Waals surface area contributed by atoms with Gasteiger partial charge in [0.15, 0.2) is 0 Å². The van der Waals surface area contributed by atoms with Crippen LogP contribution >= 0.6 is 0 Å². The lowest BCUT2D eigenvalue weighted by Crippen LogP contribution is -2.27. The van der Waals surface area contributed by atoms with Crippen molar-refractivity contribution >= 4 is 12.2 Å². The van der Waals surface area contributed by atoms with Crippen LogP contribution in [0, 0.1) is 5.41 Å². The first kappa shape index (κ1) is 16.0. The van der Waals surface area contributed by atoms with Gasteiger partial charge in [-0.15, -0.1) is 0 Å². The number of hydrogen-bond acceptors (Lipinski definition) is 0. The lowest BCUT2D eigenvalue weighted by atomic mass is 9.86. The second-order valence-electron chi connectivity index (χ2n) is 7.69. The Labute approximate surface area is 119 Å². The molecule has 0 unspecified atom stereocenters. The van der Waals surface area contributed by atoms with Crippen LogP contribution in [-0.4, -0.2) is 0 Å². The van der Waals surface area contributed by atoms with Crippen LogP contribution in [0.4, 0.5) is 0 Å². The van der Waals surface area contributed by atoms with Gasteiger partial charge in [0, 0.05) is 0 Å². The summed E-state index contributed by atoms with van der Waals surface area (Å²) < 4.78 is 0. The maximum absolute atomic E-state index is 2.38. The highest BCUT2D eigenvalue weighted by molar-refractivity contribution is 5.35. The number of benzene rings is 1.